The minimum atomic E-state index is -3.89. The molecule has 0 aliphatic carbocycles. The van der Waals surface area contributed by atoms with Crippen molar-refractivity contribution in [1.29, 1.82) is 0 Å². The molecule has 6 nitrogen and oxygen atoms in total. The second kappa shape index (κ2) is 6.39. The number of sulfonamides is 1. The molecule has 126 valence electrons. The Bertz CT molecular complexity index is 954. The molecule has 3 rings (SSSR count). The van der Waals surface area contributed by atoms with Crippen molar-refractivity contribution in [2.24, 2.45) is 0 Å². The Morgan fingerprint density at radius 3 is 2.75 bits per heavy atom. The van der Waals surface area contributed by atoms with Crippen molar-refractivity contribution in [1.82, 2.24) is 4.72 Å². The Kier molecular flexibility index (Phi) is 4.44. The quantitative estimate of drug-likeness (QED) is 0.701. The van der Waals surface area contributed by atoms with Gasteiger partial charge in [-0.2, -0.15) is 0 Å². The summed E-state index contributed by atoms with van der Waals surface area (Å²) in [5.41, 5.74) is 0.685. The summed E-state index contributed by atoms with van der Waals surface area (Å²) < 4.78 is 38.0. The van der Waals surface area contributed by atoms with Gasteiger partial charge in [0, 0.05) is 5.39 Å². The van der Waals surface area contributed by atoms with Gasteiger partial charge in [-0.3, -0.25) is 0 Å². The molecule has 0 saturated carbocycles. The van der Waals surface area contributed by atoms with Crippen LogP contribution in [0.3, 0.4) is 0 Å². The maximum Gasteiger partial charge on any atom is 0.349 e. The normalized spacial score (nSPS) is 13.1. The number of para-hydroxylation sites is 1. The van der Waals surface area contributed by atoms with Gasteiger partial charge in [-0.1, -0.05) is 18.2 Å². The monoisotopic (exact) mass is 365 g/mol. The Morgan fingerprint density at radius 1 is 1.29 bits per heavy atom. The van der Waals surface area contributed by atoms with Gasteiger partial charge in [0.2, 0.25) is 10.0 Å². The number of esters is 1. The topological polar surface area (TPSA) is 85.6 Å². The average Bonchev–Trinajstić information content (AvgIpc) is 3.20. The lowest BCUT2D eigenvalue weighted by Crippen LogP contribution is -2.27. The van der Waals surface area contributed by atoms with E-state index in [9.17, 15) is 13.2 Å². The Balaban J connectivity index is 1.89. The first-order chi connectivity index (χ1) is 11.4. The number of hydrogen-bond acceptors (Lipinski definition) is 6. The standard InChI is InChI=1S/C16H15NO5S2/c1-10(13-9-11-5-3-4-6-12(11)22-13)17-24(19,20)14-7-8-23-15(14)16(18)21-2/h3-10,17H,1-2H3. The van der Waals surface area contributed by atoms with Gasteiger partial charge in [-0.15, -0.1) is 11.3 Å². The van der Waals surface area contributed by atoms with Gasteiger partial charge in [-0.05, 0) is 30.5 Å². The van der Waals surface area contributed by atoms with Gasteiger partial charge >= 0.3 is 5.97 Å². The summed E-state index contributed by atoms with van der Waals surface area (Å²) >= 11 is 1.02. The molecule has 2 heterocycles. The first kappa shape index (κ1) is 16.7. The molecular formula is C16H15NO5S2. The number of carbonyl (C=O) groups excluding carboxylic acids is 1. The SMILES string of the molecule is COC(=O)c1sccc1S(=O)(=O)NC(C)c1cc2ccccc2o1. The van der Waals surface area contributed by atoms with Crippen LogP contribution in [0.25, 0.3) is 11.0 Å². The molecular weight excluding hydrogens is 350 g/mol. The van der Waals surface area contributed by atoms with Crippen LogP contribution in [0.15, 0.2) is 51.1 Å². The minimum absolute atomic E-state index is 0.0433. The number of methoxy groups -OCH3 is 1. The van der Waals surface area contributed by atoms with Crippen molar-refractivity contribution < 1.29 is 22.4 Å². The molecule has 0 bridgehead atoms. The van der Waals surface area contributed by atoms with Gasteiger partial charge in [0.05, 0.1) is 13.2 Å². The highest BCUT2D eigenvalue weighted by Gasteiger charge is 2.27. The number of rotatable bonds is 5. The van der Waals surface area contributed by atoms with E-state index in [4.69, 9.17) is 4.42 Å². The van der Waals surface area contributed by atoms with Crippen molar-refractivity contribution >= 4 is 38.3 Å². The van der Waals surface area contributed by atoms with Crippen LogP contribution in [0, 0.1) is 0 Å². The molecule has 0 saturated heterocycles. The van der Waals surface area contributed by atoms with E-state index in [0.717, 1.165) is 16.7 Å². The predicted molar refractivity (Wildman–Crippen MR) is 90.6 cm³/mol. The van der Waals surface area contributed by atoms with E-state index < -0.39 is 22.0 Å². The van der Waals surface area contributed by atoms with Gasteiger partial charge in [0.1, 0.15) is 21.1 Å². The zero-order chi connectivity index (χ0) is 17.3. The summed E-state index contributed by atoms with van der Waals surface area (Å²) in [4.78, 5) is 11.6. The highest BCUT2D eigenvalue weighted by molar-refractivity contribution is 7.89. The molecule has 0 radical (unpaired) electrons. The Hall–Kier alpha value is -2.16. The Labute approximate surface area is 143 Å². The van der Waals surface area contributed by atoms with Gasteiger partial charge in [0.15, 0.2) is 0 Å². The molecule has 3 aromatic rings. The highest BCUT2D eigenvalue weighted by Crippen LogP contribution is 2.27. The summed E-state index contributed by atoms with van der Waals surface area (Å²) in [6, 6.07) is 10.0. The average molecular weight is 365 g/mol. The van der Waals surface area contributed by atoms with Crippen molar-refractivity contribution in [3.63, 3.8) is 0 Å². The van der Waals surface area contributed by atoms with Crippen LogP contribution in [-0.2, 0) is 14.8 Å². The maximum atomic E-state index is 12.6. The van der Waals surface area contributed by atoms with E-state index in [-0.39, 0.29) is 9.77 Å². The van der Waals surface area contributed by atoms with Crippen LogP contribution in [0.5, 0.6) is 0 Å². The fourth-order valence-corrected chi connectivity index (χ4v) is 4.87. The molecule has 0 spiro atoms. The molecule has 2 aromatic heterocycles. The van der Waals surface area contributed by atoms with Gasteiger partial charge in [0.25, 0.3) is 0 Å². The van der Waals surface area contributed by atoms with Crippen LogP contribution >= 0.6 is 11.3 Å². The number of hydrogen-bond donors (Lipinski definition) is 1. The van der Waals surface area contributed by atoms with E-state index in [1.54, 1.807) is 13.0 Å². The molecule has 1 aromatic carbocycles. The largest absolute Gasteiger partial charge is 0.465 e. The molecule has 1 N–H and O–H groups in total. The fourth-order valence-electron chi connectivity index (χ4n) is 2.32. The third-order valence-corrected chi connectivity index (χ3v) is 6.10. The summed E-state index contributed by atoms with van der Waals surface area (Å²) in [6.45, 7) is 1.68. The molecule has 1 unspecified atom stereocenters. The molecule has 0 aliphatic heterocycles. The molecule has 0 amide bonds. The number of thiophene rings is 1. The van der Waals surface area contributed by atoms with Crippen LogP contribution in [0.4, 0.5) is 0 Å². The number of benzene rings is 1. The van der Waals surface area contributed by atoms with Crippen LogP contribution < -0.4 is 4.72 Å². The number of carbonyl (C=O) groups is 1. The highest BCUT2D eigenvalue weighted by atomic mass is 32.2. The second-order valence-corrected chi connectivity index (χ2v) is 7.73. The van der Waals surface area contributed by atoms with Crippen molar-refractivity contribution in [2.75, 3.05) is 7.11 Å². The summed E-state index contributed by atoms with van der Waals surface area (Å²) in [5, 5.41) is 2.43. The van der Waals surface area contributed by atoms with Gasteiger partial charge in [-0.25, -0.2) is 17.9 Å². The maximum absolute atomic E-state index is 12.6. The molecule has 0 fully saturated rings. The third-order valence-electron chi connectivity index (χ3n) is 3.49. The number of nitrogens with one attached hydrogen (secondary N) is 1. The molecule has 0 aliphatic rings. The van der Waals surface area contributed by atoms with Crippen molar-refractivity contribution in [3.8, 4) is 0 Å². The third kappa shape index (κ3) is 3.08. The van der Waals surface area contributed by atoms with Crippen LogP contribution in [0.1, 0.15) is 28.4 Å². The lowest BCUT2D eigenvalue weighted by Gasteiger charge is -2.12. The molecule has 8 heteroatoms. The van der Waals surface area contributed by atoms with Crippen LogP contribution in [-0.4, -0.2) is 21.5 Å². The minimum Gasteiger partial charge on any atom is -0.465 e. The van der Waals surface area contributed by atoms with Crippen molar-refractivity contribution in [3.05, 3.63) is 52.4 Å². The van der Waals surface area contributed by atoms with Crippen molar-refractivity contribution in [2.45, 2.75) is 17.9 Å². The van der Waals surface area contributed by atoms with E-state index >= 15 is 0 Å². The van der Waals surface area contributed by atoms with E-state index in [2.05, 4.69) is 9.46 Å². The van der Waals surface area contributed by atoms with E-state index in [1.807, 2.05) is 24.3 Å². The summed E-state index contributed by atoms with van der Waals surface area (Å²) in [7, 11) is -2.68. The number of fused-ring (bicyclic) bond motifs is 1. The molecule has 24 heavy (non-hydrogen) atoms. The Morgan fingerprint density at radius 2 is 2.04 bits per heavy atom. The van der Waals surface area contributed by atoms with Crippen LogP contribution in [0.2, 0.25) is 0 Å². The van der Waals surface area contributed by atoms with E-state index in [1.165, 1.54) is 18.6 Å². The second-order valence-electron chi connectivity index (χ2n) is 5.14. The smallest absolute Gasteiger partial charge is 0.349 e. The number of ether oxygens (including phenoxy) is 1. The zero-order valence-electron chi connectivity index (χ0n) is 13.0. The predicted octanol–water partition coefficient (Wildman–Crippen LogP) is 3.32. The van der Waals surface area contributed by atoms with Gasteiger partial charge < -0.3 is 9.15 Å². The summed E-state index contributed by atoms with van der Waals surface area (Å²) in [6.07, 6.45) is 0. The zero-order valence-corrected chi connectivity index (χ0v) is 14.6. The van der Waals surface area contributed by atoms with E-state index in [0.29, 0.717) is 11.3 Å². The first-order valence-corrected chi connectivity index (χ1v) is 9.45. The molecule has 1 atom stereocenters. The summed E-state index contributed by atoms with van der Waals surface area (Å²) in [5.74, 6) is -0.184. The number of furan rings is 1. The first-order valence-electron chi connectivity index (χ1n) is 7.09. The lowest BCUT2D eigenvalue weighted by molar-refractivity contribution is 0.0602. The lowest BCUT2D eigenvalue weighted by atomic mass is 10.2. The fraction of sp³-hybridized carbons (Fsp3) is 0.188.